The van der Waals surface area contributed by atoms with E-state index in [1.54, 1.807) is 38.3 Å². The number of hydrogen-bond donors (Lipinski definition) is 1. The van der Waals surface area contributed by atoms with E-state index in [0.29, 0.717) is 17.8 Å². The van der Waals surface area contributed by atoms with E-state index in [2.05, 4.69) is 5.32 Å². The first-order valence-electron chi connectivity index (χ1n) is 7.62. The SMILES string of the molecule is CCNC(=O)[C@@H](C)OC(=O)Cn1c(C)cc(C(=O)OCC)c1C. The van der Waals surface area contributed by atoms with Gasteiger partial charge in [-0.3, -0.25) is 9.59 Å². The number of likely N-dealkylation sites (N-methyl/N-ethyl adjacent to an activating group) is 1. The Hall–Kier alpha value is -2.31. The average molecular weight is 324 g/mol. The van der Waals surface area contributed by atoms with Crippen molar-refractivity contribution in [3.05, 3.63) is 23.0 Å². The third-order valence-corrected chi connectivity index (χ3v) is 3.38. The van der Waals surface area contributed by atoms with E-state index in [4.69, 9.17) is 9.47 Å². The summed E-state index contributed by atoms with van der Waals surface area (Å²) in [6, 6.07) is 1.67. The number of carbonyl (C=O) groups is 3. The molecule has 0 aliphatic rings. The van der Waals surface area contributed by atoms with Crippen molar-refractivity contribution in [2.75, 3.05) is 13.2 Å². The van der Waals surface area contributed by atoms with Crippen LogP contribution in [-0.4, -0.2) is 41.7 Å². The van der Waals surface area contributed by atoms with Crippen LogP contribution in [0.1, 0.15) is 42.5 Å². The highest BCUT2D eigenvalue weighted by molar-refractivity contribution is 5.91. The number of nitrogens with zero attached hydrogens (tertiary/aromatic N) is 1. The molecule has 0 bridgehead atoms. The van der Waals surface area contributed by atoms with Crippen molar-refractivity contribution in [1.82, 2.24) is 9.88 Å². The minimum Gasteiger partial charge on any atom is -0.462 e. The molecule has 1 heterocycles. The molecular formula is C16H24N2O5. The molecule has 1 N–H and O–H groups in total. The Balaban J connectivity index is 2.79. The van der Waals surface area contributed by atoms with Crippen molar-refractivity contribution >= 4 is 17.8 Å². The predicted molar refractivity (Wildman–Crippen MR) is 84.1 cm³/mol. The Morgan fingerprint density at radius 3 is 2.48 bits per heavy atom. The standard InChI is InChI=1S/C16H24N2O5/c1-6-17-15(20)12(5)23-14(19)9-18-10(3)8-13(11(18)4)16(21)22-7-2/h8,12H,6-7,9H2,1-5H3,(H,17,20)/t12-/m1/s1. The zero-order valence-electron chi connectivity index (χ0n) is 14.3. The molecule has 0 fully saturated rings. The van der Waals surface area contributed by atoms with Gasteiger partial charge in [-0.05, 0) is 40.7 Å². The lowest BCUT2D eigenvalue weighted by Crippen LogP contribution is -2.36. The molecule has 0 radical (unpaired) electrons. The quantitative estimate of drug-likeness (QED) is 0.765. The normalized spacial score (nSPS) is 11.7. The van der Waals surface area contributed by atoms with E-state index < -0.39 is 18.0 Å². The van der Waals surface area contributed by atoms with Crippen LogP contribution in [0.5, 0.6) is 0 Å². The maximum Gasteiger partial charge on any atom is 0.339 e. The van der Waals surface area contributed by atoms with E-state index in [1.165, 1.54) is 6.92 Å². The van der Waals surface area contributed by atoms with Crippen molar-refractivity contribution in [3.63, 3.8) is 0 Å². The number of amides is 1. The summed E-state index contributed by atoms with van der Waals surface area (Å²) >= 11 is 0. The van der Waals surface area contributed by atoms with Gasteiger partial charge < -0.3 is 19.4 Å². The van der Waals surface area contributed by atoms with Crippen molar-refractivity contribution in [2.24, 2.45) is 0 Å². The second-order valence-corrected chi connectivity index (χ2v) is 5.12. The number of ether oxygens (including phenoxy) is 2. The number of hydrogen-bond acceptors (Lipinski definition) is 5. The minimum absolute atomic E-state index is 0.0686. The molecule has 0 unspecified atom stereocenters. The van der Waals surface area contributed by atoms with Crippen molar-refractivity contribution in [3.8, 4) is 0 Å². The highest BCUT2D eigenvalue weighted by Gasteiger charge is 2.21. The van der Waals surface area contributed by atoms with Gasteiger partial charge in [0, 0.05) is 17.9 Å². The Bertz CT molecular complexity index is 592. The summed E-state index contributed by atoms with van der Waals surface area (Å²) in [5.74, 6) is -1.30. The Morgan fingerprint density at radius 2 is 1.91 bits per heavy atom. The lowest BCUT2D eigenvalue weighted by atomic mass is 10.2. The highest BCUT2D eigenvalue weighted by Crippen LogP contribution is 2.16. The van der Waals surface area contributed by atoms with Crippen LogP contribution in [0.4, 0.5) is 0 Å². The fourth-order valence-corrected chi connectivity index (χ4v) is 2.19. The zero-order chi connectivity index (χ0) is 17.6. The molecule has 0 aliphatic heterocycles. The molecule has 0 aromatic carbocycles. The van der Waals surface area contributed by atoms with Crippen LogP contribution in [0.2, 0.25) is 0 Å². The van der Waals surface area contributed by atoms with Crippen molar-refractivity contribution in [2.45, 2.75) is 47.3 Å². The Labute approximate surface area is 135 Å². The molecule has 0 aliphatic carbocycles. The number of rotatable bonds is 7. The molecule has 1 rings (SSSR count). The van der Waals surface area contributed by atoms with Gasteiger partial charge in [0.2, 0.25) is 0 Å². The maximum absolute atomic E-state index is 12.0. The number of esters is 2. The fourth-order valence-electron chi connectivity index (χ4n) is 2.19. The molecule has 7 heteroatoms. The highest BCUT2D eigenvalue weighted by atomic mass is 16.5. The van der Waals surface area contributed by atoms with Gasteiger partial charge in [0.05, 0.1) is 12.2 Å². The van der Waals surface area contributed by atoms with Crippen LogP contribution in [0.3, 0.4) is 0 Å². The second-order valence-electron chi connectivity index (χ2n) is 5.12. The molecule has 128 valence electrons. The van der Waals surface area contributed by atoms with Crippen LogP contribution >= 0.6 is 0 Å². The average Bonchev–Trinajstić information content (AvgIpc) is 2.75. The smallest absolute Gasteiger partial charge is 0.339 e. The molecule has 1 aromatic rings. The predicted octanol–water partition coefficient (Wildman–Crippen LogP) is 1.35. The van der Waals surface area contributed by atoms with Gasteiger partial charge in [0.15, 0.2) is 6.10 Å². The van der Waals surface area contributed by atoms with Gasteiger partial charge in [-0.25, -0.2) is 4.79 Å². The van der Waals surface area contributed by atoms with Crippen molar-refractivity contribution < 1.29 is 23.9 Å². The number of aryl methyl sites for hydroxylation is 1. The first-order chi connectivity index (χ1) is 10.8. The third kappa shape index (κ3) is 4.84. The molecule has 0 saturated heterocycles. The molecule has 1 amide bonds. The molecule has 23 heavy (non-hydrogen) atoms. The number of nitrogens with one attached hydrogen (secondary N) is 1. The summed E-state index contributed by atoms with van der Waals surface area (Å²) in [4.78, 5) is 35.4. The van der Waals surface area contributed by atoms with Gasteiger partial charge in [-0.1, -0.05) is 0 Å². The van der Waals surface area contributed by atoms with E-state index >= 15 is 0 Å². The van der Waals surface area contributed by atoms with Crippen LogP contribution in [0.25, 0.3) is 0 Å². The lowest BCUT2D eigenvalue weighted by molar-refractivity contribution is -0.155. The van der Waals surface area contributed by atoms with Crippen LogP contribution in [0.15, 0.2) is 6.07 Å². The summed E-state index contributed by atoms with van der Waals surface area (Å²) in [6.07, 6.45) is -0.858. The van der Waals surface area contributed by atoms with Gasteiger partial charge in [-0.15, -0.1) is 0 Å². The van der Waals surface area contributed by atoms with Gasteiger partial charge >= 0.3 is 11.9 Å². The number of aromatic nitrogens is 1. The van der Waals surface area contributed by atoms with Gasteiger partial charge in [0.1, 0.15) is 6.54 Å². The van der Waals surface area contributed by atoms with E-state index in [0.717, 1.165) is 5.69 Å². The largest absolute Gasteiger partial charge is 0.462 e. The summed E-state index contributed by atoms with van der Waals surface area (Å²) in [7, 11) is 0. The Kier molecular flexibility index (Phi) is 6.81. The first-order valence-corrected chi connectivity index (χ1v) is 7.62. The second kappa shape index (κ2) is 8.36. The maximum atomic E-state index is 12.0. The molecule has 0 saturated carbocycles. The topological polar surface area (TPSA) is 86.6 Å². The summed E-state index contributed by atoms with van der Waals surface area (Å²) in [6.45, 7) is 9.25. The Morgan fingerprint density at radius 1 is 1.26 bits per heavy atom. The number of carbonyl (C=O) groups excluding carboxylic acids is 3. The molecule has 1 aromatic heterocycles. The minimum atomic E-state index is -0.858. The van der Waals surface area contributed by atoms with E-state index in [-0.39, 0.29) is 19.1 Å². The lowest BCUT2D eigenvalue weighted by Gasteiger charge is -2.14. The van der Waals surface area contributed by atoms with E-state index in [9.17, 15) is 14.4 Å². The zero-order valence-corrected chi connectivity index (χ0v) is 14.3. The third-order valence-electron chi connectivity index (χ3n) is 3.38. The summed E-state index contributed by atoms with van der Waals surface area (Å²) in [5, 5.41) is 2.59. The molecular weight excluding hydrogens is 300 g/mol. The molecule has 0 spiro atoms. The van der Waals surface area contributed by atoms with Crippen LogP contribution in [0, 0.1) is 13.8 Å². The van der Waals surface area contributed by atoms with Crippen molar-refractivity contribution in [1.29, 1.82) is 0 Å². The molecule has 7 nitrogen and oxygen atoms in total. The molecule has 1 atom stereocenters. The van der Waals surface area contributed by atoms with E-state index in [1.807, 2.05) is 0 Å². The van der Waals surface area contributed by atoms with Crippen LogP contribution < -0.4 is 5.32 Å². The first kappa shape index (κ1) is 18.7. The monoisotopic (exact) mass is 324 g/mol. The summed E-state index contributed by atoms with van der Waals surface area (Å²) < 4.78 is 11.8. The summed E-state index contributed by atoms with van der Waals surface area (Å²) in [5.41, 5.74) is 1.80. The van der Waals surface area contributed by atoms with Gasteiger partial charge in [-0.2, -0.15) is 0 Å². The fraction of sp³-hybridized carbons (Fsp3) is 0.562. The van der Waals surface area contributed by atoms with Gasteiger partial charge in [0.25, 0.3) is 5.91 Å². The van der Waals surface area contributed by atoms with Crippen LogP contribution in [-0.2, 0) is 25.6 Å².